The second kappa shape index (κ2) is 4.25. The molecule has 0 amide bonds. The molecule has 0 aromatic carbocycles. The van der Waals surface area contributed by atoms with Crippen molar-refractivity contribution in [1.82, 2.24) is 0 Å². The molecule has 1 aliphatic heterocycles. The van der Waals surface area contributed by atoms with E-state index in [0.29, 0.717) is 12.5 Å². The lowest BCUT2D eigenvalue weighted by Gasteiger charge is -2.31. The molecule has 1 fully saturated rings. The summed E-state index contributed by atoms with van der Waals surface area (Å²) in [6.07, 6.45) is 10.5. The SMILES string of the molecule is O[C@@H]1C=C[C@H](C2CCCCC2)OC1. The summed E-state index contributed by atoms with van der Waals surface area (Å²) in [6, 6.07) is 0. The maximum Gasteiger partial charge on any atom is 0.0955 e. The molecule has 2 nitrogen and oxygen atoms in total. The molecule has 1 saturated carbocycles. The molecule has 1 N–H and O–H groups in total. The van der Waals surface area contributed by atoms with E-state index in [0.717, 1.165) is 0 Å². The van der Waals surface area contributed by atoms with Crippen LogP contribution in [-0.2, 0) is 4.74 Å². The second-order valence-corrected chi connectivity index (χ2v) is 4.15. The highest BCUT2D eigenvalue weighted by atomic mass is 16.5. The maximum absolute atomic E-state index is 9.21. The highest BCUT2D eigenvalue weighted by Crippen LogP contribution is 2.29. The van der Waals surface area contributed by atoms with E-state index in [9.17, 15) is 5.11 Å². The summed E-state index contributed by atoms with van der Waals surface area (Å²) in [6.45, 7) is 0.484. The summed E-state index contributed by atoms with van der Waals surface area (Å²) in [5.74, 6) is 0.706. The van der Waals surface area contributed by atoms with Gasteiger partial charge >= 0.3 is 0 Å². The highest BCUT2D eigenvalue weighted by molar-refractivity contribution is 5.00. The minimum absolute atomic E-state index is 0.281. The molecule has 0 aromatic heterocycles. The number of rotatable bonds is 1. The van der Waals surface area contributed by atoms with Gasteiger partial charge in [0, 0.05) is 0 Å². The molecule has 2 atom stereocenters. The summed E-state index contributed by atoms with van der Waals surface area (Å²) in [7, 11) is 0. The largest absolute Gasteiger partial charge is 0.387 e. The van der Waals surface area contributed by atoms with Gasteiger partial charge in [0.2, 0.25) is 0 Å². The number of hydrogen-bond donors (Lipinski definition) is 1. The van der Waals surface area contributed by atoms with E-state index in [1.54, 1.807) is 0 Å². The Labute approximate surface area is 79.6 Å². The smallest absolute Gasteiger partial charge is 0.0955 e. The normalized spacial score (nSPS) is 36.4. The molecule has 2 heteroatoms. The van der Waals surface area contributed by atoms with Gasteiger partial charge in [-0.15, -0.1) is 0 Å². The molecule has 2 rings (SSSR count). The van der Waals surface area contributed by atoms with E-state index in [-0.39, 0.29) is 12.2 Å². The van der Waals surface area contributed by atoms with E-state index in [2.05, 4.69) is 0 Å². The molecule has 1 heterocycles. The van der Waals surface area contributed by atoms with Crippen molar-refractivity contribution in [2.75, 3.05) is 6.61 Å². The van der Waals surface area contributed by atoms with Gasteiger partial charge in [0.25, 0.3) is 0 Å². The lowest BCUT2D eigenvalue weighted by atomic mass is 9.84. The average molecular weight is 182 g/mol. The number of aliphatic hydroxyl groups is 1. The van der Waals surface area contributed by atoms with Gasteiger partial charge in [0.1, 0.15) is 0 Å². The Kier molecular flexibility index (Phi) is 3.01. The van der Waals surface area contributed by atoms with E-state index in [4.69, 9.17) is 4.74 Å². The Morgan fingerprint density at radius 2 is 1.85 bits per heavy atom. The average Bonchev–Trinajstić information content (AvgIpc) is 2.20. The van der Waals surface area contributed by atoms with Crippen molar-refractivity contribution in [3.05, 3.63) is 12.2 Å². The summed E-state index contributed by atoms with van der Waals surface area (Å²) >= 11 is 0. The quantitative estimate of drug-likeness (QED) is 0.627. The third-order valence-corrected chi connectivity index (χ3v) is 3.10. The molecule has 0 bridgehead atoms. The topological polar surface area (TPSA) is 29.5 Å². The molecular formula is C11H18O2. The number of aliphatic hydroxyl groups excluding tert-OH is 1. The van der Waals surface area contributed by atoms with E-state index in [1.807, 2.05) is 12.2 Å². The van der Waals surface area contributed by atoms with Crippen molar-refractivity contribution in [3.63, 3.8) is 0 Å². The molecule has 2 aliphatic rings. The maximum atomic E-state index is 9.21. The number of hydrogen-bond acceptors (Lipinski definition) is 2. The van der Waals surface area contributed by atoms with Crippen LogP contribution in [0.25, 0.3) is 0 Å². The predicted molar refractivity (Wildman–Crippen MR) is 51.5 cm³/mol. The van der Waals surface area contributed by atoms with Crippen molar-refractivity contribution in [1.29, 1.82) is 0 Å². The van der Waals surface area contributed by atoms with Gasteiger partial charge in [-0.1, -0.05) is 31.4 Å². The fourth-order valence-corrected chi connectivity index (χ4v) is 2.31. The third kappa shape index (κ3) is 2.32. The van der Waals surface area contributed by atoms with Crippen LogP contribution in [0.15, 0.2) is 12.2 Å². The first-order chi connectivity index (χ1) is 6.36. The first-order valence-corrected chi connectivity index (χ1v) is 5.34. The van der Waals surface area contributed by atoms with Crippen molar-refractivity contribution >= 4 is 0 Å². The Bertz CT molecular complexity index is 183. The summed E-state index contributed by atoms with van der Waals surface area (Å²) in [5.41, 5.74) is 0. The zero-order valence-electron chi connectivity index (χ0n) is 7.98. The van der Waals surface area contributed by atoms with Crippen molar-refractivity contribution < 1.29 is 9.84 Å². The van der Waals surface area contributed by atoms with Gasteiger partial charge in [-0.25, -0.2) is 0 Å². The monoisotopic (exact) mass is 182 g/mol. The minimum atomic E-state index is -0.375. The molecule has 0 aromatic rings. The van der Waals surface area contributed by atoms with Crippen LogP contribution in [0.3, 0.4) is 0 Å². The molecule has 0 radical (unpaired) electrons. The van der Waals surface area contributed by atoms with E-state index < -0.39 is 0 Å². The zero-order valence-corrected chi connectivity index (χ0v) is 7.98. The molecule has 0 spiro atoms. The van der Waals surface area contributed by atoms with Gasteiger partial charge in [0.05, 0.1) is 18.8 Å². The van der Waals surface area contributed by atoms with Crippen LogP contribution in [-0.4, -0.2) is 23.9 Å². The Morgan fingerprint density at radius 3 is 2.46 bits per heavy atom. The van der Waals surface area contributed by atoms with Crippen LogP contribution in [0.5, 0.6) is 0 Å². The molecule has 1 aliphatic carbocycles. The first-order valence-electron chi connectivity index (χ1n) is 5.34. The van der Waals surface area contributed by atoms with E-state index >= 15 is 0 Å². The Hall–Kier alpha value is -0.340. The molecular weight excluding hydrogens is 164 g/mol. The Balaban J connectivity index is 1.89. The van der Waals surface area contributed by atoms with Crippen LogP contribution >= 0.6 is 0 Å². The number of ether oxygens (including phenoxy) is 1. The minimum Gasteiger partial charge on any atom is -0.387 e. The van der Waals surface area contributed by atoms with E-state index in [1.165, 1.54) is 32.1 Å². The summed E-state index contributed by atoms with van der Waals surface area (Å²) in [4.78, 5) is 0. The van der Waals surface area contributed by atoms with Gasteiger partial charge in [-0.2, -0.15) is 0 Å². The molecule has 0 unspecified atom stereocenters. The van der Waals surface area contributed by atoms with Crippen LogP contribution < -0.4 is 0 Å². The lowest BCUT2D eigenvalue weighted by Crippen LogP contribution is -2.31. The summed E-state index contributed by atoms with van der Waals surface area (Å²) < 4.78 is 5.59. The zero-order chi connectivity index (χ0) is 9.10. The van der Waals surface area contributed by atoms with Crippen LogP contribution in [0.1, 0.15) is 32.1 Å². The fourth-order valence-electron chi connectivity index (χ4n) is 2.31. The standard InChI is InChI=1S/C11H18O2/c12-10-6-7-11(13-8-10)9-4-2-1-3-5-9/h6-7,9-12H,1-5,8H2/t10-,11-/m1/s1. The van der Waals surface area contributed by atoms with Gasteiger partial charge < -0.3 is 9.84 Å². The lowest BCUT2D eigenvalue weighted by molar-refractivity contribution is -0.0178. The first kappa shape index (κ1) is 9.22. The highest BCUT2D eigenvalue weighted by Gasteiger charge is 2.24. The van der Waals surface area contributed by atoms with Crippen molar-refractivity contribution in [3.8, 4) is 0 Å². The Morgan fingerprint density at radius 1 is 1.08 bits per heavy atom. The second-order valence-electron chi connectivity index (χ2n) is 4.15. The van der Waals surface area contributed by atoms with Gasteiger partial charge in [-0.05, 0) is 18.8 Å². The van der Waals surface area contributed by atoms with Gasteiger partial charge in [0.15, 0.2) is 0 Å². The molecule has 74 valence electrons. The third-order valence-electron chi connectivity index (χ3n) is 3.10. The van der Waals surface area contributed by atoms with Gasteiger partial charge in [-0.3, -0.25) is 0 Å². The van der Waals surface area contributed by atoms with Crippen LogP contribution in [0, 0.1) is 5.92 Å². The van der Waals surface area contributed by atoms with Crippen molar-refractivity contribution in [2.45, 2.75) is 44.3 Å². The molecule has 13 heavy (non-hydrogen) atoms. The summed E-state index contributed by atoms with van der Waals surface area (Å²) in [5, 5.41) is 9.21. The van der Waals surface area contributed by atoms with Crippen LogP contribution in [0.2, 0.25) is 0 Å². The fraction of sp³-hybridized carbons (Fsp3) is 0.818. The van der Waals surface area contributed by atoms with Crippen molar-refractivity contribution in [2.24, 2.45) is 5.92 Å². The van der Waals surface area contributed by atoms with Crippen LogP contribution in [0.4, 0.5) is 0 Å². The molecule has 0 saturated heterocycles. The predicted octanol–water partition coefficient (Wildman–Crippen LogP) is 1.88.